The number of ether oxygens (including phenoxy) is 1. The smallest absolute Gasteiger partial charge is 0.148 e. The average molecular weight is 268 g/mol. The molecule has 0 unspecified atom stereocenters. The molecule has 1 heterocycles. The molecule has 5 heteroatoms. The van der Waals surface area contributed by atoms with Crippen LogP contribution in [0.2, 0.25) is 0 Å². The number of nitrogens with one attached hydrogen (secondary N) is 1. The summed E-state index contributed by atoms with van der Waals surface area (Å²) in [6.07, 6.45) is 0. The Morgan fingerprint density at radius 3 is 2.67 bits per heavy atom. The number of benzene rings is 1. The lowest BCUT2D eigenvalue weighted by atomic mass is 10.2. The van der Waals surface area contributed by atoms with Crippen molar-refractivity contribution in [3.05, 3.63) is 41.6 Å². The van der Waals surface area contributed by atoms with Gasteiger partial charge in [0.2, 0.25) is 0 Å². The number of hydrogen-bond donors (Lipinski definition) is 1. The van der Waals surface area contributed by atoms with Gasteiger partial charge in [-0.1, -0.05) is 18.2 Å². The molecule has 0 saturated heterocycles. The summed E-state index contributed by atoms with van der Waals surface area (Å²) in [7, 11) is 3.62. The van der Waals surface area contributed by atoms with Gasteiger partial charge in [-0.2, -0.15) is 5.10 Å². The Morgan fingerprint density at radius 1 is 1.33 bits per heavy atom. The zero-order chi connectivity index (χ0) is 12.3. The standard InChI is InChI=1S/C13H17N3O.ClH/c1-10-8-13(15-16(10)2)14-9-11-6-4-5-7-12(11)17-3;/h4-8H,9H2,1-3H3,(H,14,15);1H. The van der Waals surface area contributed by atoms with Crippen LogP contribution in [-0.4, -0.2) is 16.9 Å². The second-order valence-electron chi connectivity index (χ2n) is 3.96. The van der Waals surface area contributed by atoms with Gasteiger partial charge in [0, 0.05) is 30.9 Å². The fourth-order valence-corrected chi connectivity index (χ4v) is 1.68. The molecule has 0 aliphatic heterocycles. The molecule has 0 bridgehead atoms. The third-order valence-electron chi connectivity index (χ3n) is 2.77. The van der Waals surface area contributed by atoms with Crippen molar-refractivity contribution in [2.45, 2.75) is 13.5 Å². The summed E-state index contributed by atoms with van der Waals surface area (Å²) in [5.41, 5.74) is 2.26. The molecule has 0 atom stereocenters. The minimum Gasteiger partial charge on any atom is -0.496 e. The van der Waals surface area contributed by atoms with E-state index in [2.05, 4.69) is 10.4 Å². The van der Waals surface area contributed by atoms with Gasteiger partial charge in [-0.15, -0.1) is 12.4 Å². The highest BCUT2D eigenvalue weighted by molar-refractivity contribution is 5.85. The third kappa shape index (κ3) is 3.17. The summed E-state index contributed by atoms with van der Waals surface area (Å²) in [6.45, 7) is 2.74. The van der Waals surface area contributed by atoms with Crippen molar-refractivity contribution >= 4 is 18.2 Å². The Balaban J connectivity index is 0.00000162. The number of halogens is 1. The van der Waals surface area contributed by atoms with Crippen LogP contribution in [-0.2, 0) is 13.6 Å². The van der Waals surface area contributed by atoms with Crippen LogP contribution in [0.5, 0.6) is 5.75 Å². The van der Waals surface area contributed by atoms with Crippen LogP contribution in [0.4, 0.5) is 5.82 Å². The highest BCUT2D eigenvalue weighted by Crippen LogP contribution is 2.18. The fourth-order valence-electron chi connectivity index (χ4n) is 1.68. The second kappa shape index (κ2) is 6.31. The number of aromatic nitrogens is 2. The van der Waals surface area contributed by atoms with Gasteiger partial charge < -0.3 is 10.1 Å². The largest absolute Gasteiger partial charge is 0.496 e. The summed E-state index contributed by atoms with van der Waals surface area (Å²) in [4.78, 5) is 0. The minimum absolute atomic E-state index is 0. The molecule has 0 aliphatic carbocycles. The maximum Gasteiger partial charge on any atom is 0.148 e. The van der Waals surface area contributed by atoms with Gasteiger partial charge >= 0.3 is 0 Å². The molecular weight excluding hydrogens is 250 g/mol. The molecule has 4 nitrogen and oxygen atoms in total. The van der Waals surface area contributed by atoms with E-state index in [1.54, 1.807) is 7.11 Å². The van der Waals surface area contributed by atoms with Gasteiger partial charge in [-0.25, -0.2) is 0 Å². The number of anilines is 1. The third-order valence-corrected chi connectivity index (χ3v) is 2.77. The van der Waals surface area contributed by atoms with Crippen LogP contribution >= 0.6 is 12.4 Å². The molecule has 18 heavy (non-hydrogen) atoms. The van der Waals surface area contributed by atoms with Crippen molar-refractivity contribution in [2.75, 3.05) is 12.4 Å². The van der Waals surface area contributed by atoms with E-state index in [0.29, 0.717) is 6.54 Å². The lowest BCUT2D eigenvalue weighted by Gasteiger charge is -2.08. The molecule has 2 rings (SSSR count). The monoisotopic (exact) mass is 267 g/mol. The maximum absolute atomic E-state index is 5.30. The summed E-state index contributed by atoms with van der Waals surface area (Å²) in [5.74, 6) is 1.78. The van der Waals surface area contributed by atoms with E-state index in [-0.39, 0.29) is 12.4 Å². The lowest BCUT2D eigenvalue weighted by Crippen LogP contribution is -2.02. The maximum atomic E-state index is 5.30. The Hall–Kier alpha value is -1.68. The van der Waals surface area contributed by atoms with E-state index in [9.17, 15) is 0 Å². The van der Waals surface area contributed by atoms with Crippen LogP contribution in [0.25, 0.3) is 0 Å². The number of aryl methyl sites for hydroxylation is 2. The molecule has 0 fully saturated rings. The van der Waals surface area contributed by atoms with E-state index in [1.807, 2.05) is 49.0 Å². The van der Waals surface area contributed by atoms with Gasteiger partial charge in [-0.3, -0.25) is 4.68 Å². The molecular formula is C13H18ClN3O. The highest BCUT2D eigenvalue weighted by Gasteiger charge is 2.03. The molecule has 1 aromatic carbocycles. The molecule has 0 radical (unpaired) electrons. The van der Waals surface area contributed by atoms with Crippen LogP contribution in [0.1, 0.15) is 11.3 Å². The van der Waals surface area contributed by atoms with Crippen molar-refractivity contribution in [3.63, 3.8) is 0 Å². The number of para-hydroxylation sites is 1. The fraction of sp³-hybridized carbons (Fsp3) is 0.308. The number of rotatable bonds is 4. The Bertz CT molecular complexity index is 491. The first-order chi connectivity index (χ1) is 8.20. The van der Waals surface area contributed by atoms with Crippen molar-refractivity contribution in [3.8, 4) is 5.75 Å². The van der Waals surface area contributed by atoms with Crippen molar-refractivity contribution in [2.24, 2.45) is 7.05 Å². The van der Waals surface area contributed by atoms with Gasteiger partial charge in [-0.05, 0) is 13.0 Å². The normalized spacial score (nSPS) is 9.72. The first kappa shape index (κ1) is 14.4. The van der Waals surface area contributed by atoms with E-state index < -0.39 is 0 Å². The average Bonchev–Trinajstić information content (AvgIpc) is 2.66. The quantitative estimate of drug-likeness (QED) is 0.926. The van der Waals surface area contributed by atoms with Crippen LogP contribution < -0.4 is 10.1 Å². The number of methoxy groups -OCH3 is 1. The zero-order valence-corrected chi connectivity index (χ0v) is 11.6. The molecule has 0 spiro atoms. The molecule has 0 amide bonds. The van der Waals surface area contributed by atoms with Crippen molar-refractivity contribution in [1.29, 1.82) is 0 Å². The Morgan fingerprint density at radius 2 is 2.06 bits per heavy atom. The van der Waals surface area contributed by atoms with Crippen molar-refractivity contribution < 1.29 is 4.74 Å². The first-order valence-electron chi connectivity index (χ1n) is 5.57. The van der Waals surface area contributed by atoms with Crippen LogP contribution in [0.3, 0.4) is 0 Å². The highest BCUT2D eigenvalue weighted by atomic mass is 35.5. The Kier molecular flexibility index (Phi) is 5.04. The van der Waals surface area contributed by atoms with Crippen LogP contribution in [0, 0.1) is 6.92 Å². The topological polar surface area (TPSA) is 39.1 Å². The Labute approximate surface area is 113 Å². The van der Waals surface area contributed by atoms with E-state index >= 15 is 0 Å². The zero-order valence-electron chi connectivity index (χ0n) is 10.8. The van der Waals surface area contributed by atoms with Crippen molar-refractivity contribution in [1.82, 2.24) is 9.78 Å². The molecule has 98 valence electrons. The molecule has 2 aromatic rings. The predicted octanol–water partition coefficient (Wildman–Crippen LogP) is 2.77. The van der Waals surface area contributed by atoms with Gasteiger partial charge in [0.1, 0.15) is 11.6 Å². The number of nitrogens with zero attached hydrogens (tertiary/aromatic N) is 2. The lowest BCUT2D eigenvalue weighted by molar-refractivity contribution is 0.410. The minimum atomic E-state index is 0. The van der Waals surface area contributed by atoms with E-state index in [4.69, 9.17) is 4.74 Å². The SMILES string of the molecule is COc1ccccc1CNc1cc(C)n(C)n1.Cl. The van der Waals surface area contributed by atoms with E-state index in [1.165, 1.54) is 0 Å². The summed E-state index contributed by atoms with van der Waals surface area (Å²) < 4.78 is 7.15. The molecule has 1 aromatic heterocycles. The van der Waals surface area contributed by atoms with Gasteiger partial charge in [0.05, 0.1) is 7.11 Å². The van der Waals surface area contributed by atoms with Gasteiger partial charge in [0.15, 0.2) is 0 Å². The molecule has 1 N–H and O–H groups in total. The second-order valence-corrected chi connectivity index (χ2v) is 3.96. The number of hydrogen-bond acceptors (Lipinski definition) is 3. The summed E-state index contributed by atoms with van der Waals surface area (Å²) in [5, 5.41) is 7.63. The summed E-state index contributed by atoms with van der Waals surface area (Å²) in [6, 6.07) is 9.99. The van der Waals surface area contributed by atoms with Crippen LogP contribution in [0.15, 0.2) is 30.3 Å². The molecule has 0 aliphatic rings. The summed E-state index contributed by atoms with van der Waals surface area (Å²) >= 11 is 0. The molecule has 0 saturated carbocycles. The van der Waals surface area contributed by atoms with Gasteiger partial charge in [0.25, 0.3) is 0 Å². The predicted molar refractivity (Wildman–Crippen MR) is 75.5 cm³/mol. The first-order valence-corrected chi connectivity index (χ1v) is 5.57. The van der Waals surface area contributed by atoms with E-state index in [0.717, 1.165) is 22.8 Å².